The highest BCUT2D eigenvalue weighted by atomic mass is 32.2. The molecule has 1 saturated heterocycles. The van der Waals surface area contributed by atoms with Gasteiger partial charge in [0.1, 0.15) is 6.54 Å². The summed E-state index contributed by atoms with van der Waals surface area (Å²) in [6, 6.07) is 6.10. The summed E-state index contributed by atoms with van der Waals surface area (Å²) >= 11 is 1.57. The molecule has 1 saturated carbocycles. The number of benzene rings is 1. The van der Waals surface area contributed by atoms with Crippen LogP contribution in [0.1, 0.15) is 31.2 Å². The van der Waals surface area contributed by atoms with E-state index < -0.39 is 0 Å². The zero-order valence-corrected chi connectivity index (χ0v) is 14.9. The van der Waals surface area contributed by atoms with Crippen molar-refractivity contribution in [3.63, 3.8) is 0 Å². The minimum Gasteiger partial charge on any atom is -0.454 e. The Morgan fingerprint density at radius 1 is 1.24 bits per heavy atom. The highest BCUT2D eigenvalue weighted by Gasteiger charge is 2.30. The van der Waals surface area contributed by atoms with Gasteiger partial charge in [0, 0.05) is 12.6 Å². The van der Waals surface area contributed by atoms with E-state index in [0.29, 0.717) is 18.2 Å². The molecule has 4 rings (SSSR count). The maximum Gasteiger partial charge on any atom is 0.242 e. The largest absolute Gasteiger partial charge is 0.454 e. The molecule has 2 heterocycles. The zero-order valence-electron chi connectivity index (χ0n) is 14.1. The minimum atomic E-state index is 0.0421. The molecule has 0 spiro atoms. The van der Waals surface area contributed by atoms with Crippen LogP contribution in [-0.2, 0) is 16.1 Å². The first-order valence-electron chi connectivity index (χ1n) is 8.74. The van der Waals surface area contributed by atoms with Crippen LogP contribution in [0.5, 0.6) is 11.5 Å². The third-order valence-electron chi connectivity index (χ3n) is 5.03. The lowest BCUT2D eigenvalue weighted by Crippen LogP contribution is -2.44. The first-order chi connectivity index (χ1) is 12.2. The van der Waals surface area contributed by atoms with E-state index in [2.05, 4.69) is 0 Å². The molecule has 7 heteroatoms. The fourth-order valence-corrected chi connectivity index (χ4v) is 4.57. The van der Waals surface area contributed by atoms with Gasteiger partial charge in [-0.2, -0.15) is 0 Å². The molecule has 3 aliphatic rings. The smallest absolute Gasteiger partial charge is 0.242 e. The predicted octanol–water partition coefficient (Wildman–Crippen LogP) is 2.22. The lowest BCUT2D eigenvalue weighted by Gasteiger charge is -2.31. The number of hydrogen-bond donors (Lipinski definition) is 0. The number of rotatable bonds is 5. The molecular weight excluding hydrogens is 340 g/mol. The second kappa shape index (κ2) is 7.15. The van der Waals surface area contributed by atoms with Crippen molar-refractivity contribution in [2.24, 2.45) is 0 Å². The molecule has 25 heavy (non-hydrogen) atoms. The highest BCUT2D eigenvalue weighted by Crippen LogP contribution is 2.33. The SMILES string of the molecule is O=C1CSCN1CC(=O)N(Cc1ccc2c(c1)OCO2)C1CCCC1. The summed E-state index contributed by atoms with van der Waals surface area (Å²) in [5.74, 6) is 2.70. The monoisotopic (exact) mass is 362 g/mol. The molecule has 1 aromatic carbocycles. The second-order valence-electron chi connectivity index (χ2n) is 6.72. The van der Waals surface area contributed by atoms with Crippen LogP contribution in [0.15, 0.2) is 18.2 Å². The van der Waals surface area contributed by atoms with Crippen molar-refractivity contribution in [1.29, 1.82) is 0 Å². The van der Waals surface area contributed by atoms with Gasteiger partial charge in [-0.1, -0.05) is 18.9 Å². The Bertz CT molecular complexity index is 675. The lowest BCUT2D eigenvalue weighted by molar-refractivity contribution is -0.140. The van der Waals surface area contributed by atoms with Crippen molar-refractivity contribution in [2.45, 2.75) is 38.3 Å². The van der Waals surface area contributed by atoms with Crippen LogP contribution >= 0.6 is 11.8 Å². The van der Waals surface area contributed by atoms with Crippen LogP contribution in [0.4, 0.5) is 0 Å². The van der Waals surface area contributed by atoms with Gasteiger partial charge >= 0.3 is 0 Å². The van der Waals surface area contributed by atoms with E-state index in [4.69, 9.17) is 9.47 Å². The van der Waals surface area contributed by atoms with Crippen molar-refractivity contribution in [2.75, 3.05) is 25.0 Å². The number of hydrogen-bond acceptors (Lipinski definition) is 5. The Balaban J connectivity index is 1.49. The van der Waals surface area contributed by atoms with Gasteiger partial charge in [-0.15, -0.1) is 11.8 Å². The number of ether oxygens (including phenoxy) is 2. The van der Waals surface area contributed by atoms with Crippen LogP contribution in [0.25, 0.3) is 0 Å². The fraction of sp³-hybridized carbons (Fsp3) is 0.556. The molecule has 0 atom stereocenters. The summed E-state index contributed by atoms with van der Waals surface area (Å²) in [7, 11) is 0. The van der Waals surface area contributed by atoms with E-state index in [1.807, 2.05) is 23.1 Å². The third kappa shape index (κ3) is 3.56. The predicted molar refractivity (Wildman–Crippen MR) is 94.4 cm³/mol. The average molecular weight is 362 g/mol. The van der Waals surface area contributed by atoms with Gasteiger partial charge in [0.05, 0.1) is 11.6 Å². The Morgan fingerprint density at radius 2 is 2.04 bits per heavy atom. The van der Waals surface area contributed by atoms with Gasteiger partial charge in [0.2, 0.25) is 18.6 Å². The molecule has 2 amide bonds. The summed E-state index contributed by atoms with van der Waals surface area (Å²) < 4.78 is 10.8. The summed E-state index contributed by atoms with van der Waals surface area (Å²) in [6.45, 7) is 0.987. The molecule has 1 aromatic rings. The van der Waals surface area contributed by atoms with Crippen molar-refractivity contribution in [3.8, 4) is 11.5 Å². The van der Waals surface area contributed by atoms with Crippen LogP contribution in [-0.4, -0.2) is 52.6 Å². The van der Waals surface area contributed by atoms with Gasteiger partial charge in [-0.3, -0.25) is 9.59 Å². The summed E-state index contributed by atoms with van der Waals surface area (Å²) in [5, 5.41) is 0. The molecule has 0 radical (unpaired) electrons. The Labute approximate surface area is 151 Å². The van der Waals surface area contributed by atoms with E-state index in [1.54, 1.807) is 16.7 Å². The maximum atomic E-state index is 12.9. The molecule has 0 N–H and O–H groups in total. The number of carbonyl (C=O) groups excluding carboxylic acids is 2. The lowest BCUT2D eigenvalue weighted by atomic mass is 10.1. The zero-order chi connectivity index (χ0) is 17.2. The summed E-state index contributed by atoms with van der Waals surface area (Å²) in [6.07, 6.45) is 4.40. The Morgan fingerprint density at radius 3 is 2.80 bits per heavy atom. The van der Waals surface area contributed by atoms with E-state index in [1.165, 1.54) is 0 Å². The van der Waals surface area contributed by atoms with Crippen LogP contribution in [0, 0.1) is 0 Å². The topological polar surface area (TPSA) is 59.1 Å². The van der Waals surface area contributed by atoms with Crippen LogP contribution in [0.3, 0.4) is 0 Å². The maximum absolute atomic E-state index is 12.9. The molecule has 1 aliphatic carbocycles. The first-order valence-corrected chi connectivity index (χ1v) is 9.90. The van der Waals surface area contributed by atoms with E-state index in [9.17, 15) is 9.59 Å². The number of fused-ring (bicyclic) bond motifs is 1. The van der Waals surface area contributed by atoms with E-state index in [0.717, 1.165) is 42.7 Å². The quantitative estimate of drug-likeness (QED) is 0.804. The molecule has 2 fully saturated rings. The standard InChI is InChI=1S/C18H22N2O4S/c21-17(9-19-11-25-10-18(19)22)20(14-3-1-2-4-14)8-13-5-6-15-16(7-13)24-12-23-15/h5-7,14H,1-4,8-12H2. The molecular formula is C18H22N2O4S. The van der Waals surface area contributed by atoms with E-state index >= 15 is 0 Å². The molecule has 6 nitrogen and oxygen atoms in total. The first kappa shape index (κ1) is 16.6. The van der Waals surface area contributed by atoms with Gasteiger partial charge in [-0.25, -0.2) is 0 Å². The highest BCUT2D eigenvalue weighted by molar-refractivity contribution is 8.00. The van der Waals surface area contributed by atoms with Gasteiger partial charge in [0.25, 0.3) is 0 Å². The van der Waals surface area contributed by atoms with Crippen molar-refractivity contribution >= 4 is 23.6 Å². The normalized spacial score (nSPS) is 19.7. The average Bonchev–Trinajstić information content (AvgIpc) is 3.34. The van der Waals surface area contributed by atoms with Gasteiger partial charge in [0.15, 0.2) is 11.5 Å². The van der Waals surface area contributed by atoms with Crippen molar-refractivity contribution < 1.29 is 19.1 Å². The minimum absolute atomic E-state index is 0.0421. The summed E-state index contributed by atoms with van der Waals surface area (Å²) in [5.41, 5.74) is 1.03. The molecule has 0 bridgehead atoms. The van der Waals surface area contributed by atoms with Gasteiger partial charge < -0.3 is 19.3 Å². The Hall–Kier alpha value is -1.89. The number of thioether (sulfide) groups is 1. The second-order valence-corrected chi connectivity index (χ2v) is 7.67. The van der Waals surface area contributed by atoms with Crippen LogP contribution in [0.2, 0.25) is 0 Å². The number of amides is 2. The van der Waals surface area contributed by atoms with Crippen molar-refractivity contribution in [3.05, 3.63) is 23.8 Å². The Kier molecular flexibility index (Phi) is 4.74. The van der Waals surface area contributed by atoms with Crippen molar-refractivity contribution in [1.82, 2.24) is 9.80 Å². The van der Waals surface area contributed by atoms with E-state index in [-0.39, 0.29) is 31.2 Å². The van der Waals surface area contributed by atoms with Crippen LogP contribution < -0.4 is 9.47 Å². The summed E-state index contributed by atoms with van der Waals surface area (Å²) in [4.78, 5) is 28.4. The molecule has 0 unspecified atom stereocenters. The fourth-order valence-electron chi connectivity index (χ4n) is 3.67. The molecule has 2 aliphatic heterocycles. The third-order valence-corrected chi connectivity index (χ3v) is 5.97. The number of nitrogens with zero attached hydrogens (tertiary/aromatic N) is 2. The molecule has 0 aromatic heterocycles. The molecule has 134 valence electrons. The van der Waals surface area contributed by atoms with Gasteiger partial charge in [-0.05, 0) is 30.5 Å². The number of carbonyl (C=O) groups is 2.